The fourth-order valence-electron chi connectivity index (χ4n) is 1.75. The first-order valence-electron chi connectivity index (χ1n) is 5.94. The van der Waals surface area contributed by atoms with E-state index in [1.165, 1.54) is 18.4 Å². The highest BCUT2D eigenvalue weighted by atomic mass is 35.5. The molecule has 0 unspecified atom stereocenters. The van der Waals surface area contributed by atoms with Gasteiger partial charge in [0.1, 0.15) is 0 Å². The Labute approximate surface area is 107 Å². The standard InChI is InChI=1S/C13H18ClN3/c1-17(12-5-6-12)13(15)16-8-7-10-3-2-4-11(14)9-10/h2-4,9,12H,5-8H2,1H3,(H2,15,16). The molecule has 0 aliphatic heterocycles. The highest BCUT2D eigenvalue weighted by Gasteiger charge is 2.27. The molecule has 0 atom stereocenters. The van der Waals surface area contributed by atoms with Crippen LogP contribution in [0, 0.1) is 0 Å². The van der Waals surface area contributed by atoms with Crippen LogP contribution in [0.1, 0.15) is 18.4 Å². The Hall–Kier alpha value is -1.22. The summed E-state index contributed by atoms with van der Waals surface area (Å²) in [6.07, 6.45) is 3.35. The van der Waals surface area contributed by atoms with Gasteiger partial charge in [0.2, 0.25) is 0 Å². The highest BCUT2D eigenvalue weighted by molar-refractivity contribution is 6.30. The minimum absolute atomic E-state index is 0.616. The van der Waals surface area contributed by atoms with E-state index in [4.69, 9.17) is 17.3 Å². The maximum atomic E-state index is 5.92. The Morgan fingerprint density at radius 2 is 2.29 bits per heavy atom. The van der Waals surface area contributed by atoms with Crippen LogP contribution < -0.4 is 5.73 Å². The largest absolute Gasteiger partial charge is 0.370 e. The molecule has 0 spiro atoms. The van der Waals surface area contributed by atoms with Gasteiger partial charge in [0.05, 0.1) is 0 Å². The summed E-state index contributed by atoms with van der Waals surface area (Å²) in [5, 5.41) is 0.773. The van der Waals surface area contributed by atoms with Gasteiger partial charge in [-0.15, -0.1) is 0 Å². The van der Waals surface area contributed by atoms with E-state index in [0.29, 0.717) is 18.5 Å². The molecule has 0 bridgehead atoms. The molecule has 2 rings (SSSR count). The number of nitrogens with zero attached hydrogens (tertiary/aromatic N) is 2. The van der Waals surface area contributed by atoms with Crippen LogP contribution >= 0.6 is 11.6 Å². The molecule has 2 N–H and O–H groups in total. The maximum Gasteiger partial charge on any atom is 0.191 e. The van der Waals surface area contributed by atoms with Gasteiger partial charge < -0.3 is 10.6 Å². The molecule has 92 valence electrons. The fraction of sp³-hybridized carbons (Fsp3) is 0.462. The molecule has 1 saturated carbocycles. The van der Waals surface area contributed by atoms with E-state index in [-0.39, 0.29) is 0 Å². The topological polar surface area (TPSA) is 41.6 Å². The molecule has 1 aliphatic rings. The van der Waals surface area contributed by atoms with Crippen molar-refractivity contribution in [3.05, 3.63) is 34.9 Å². The van der Waals surface area contributed by atoms with Crippen molar-refractivity contribution >= 4 is 17.6 Å². The zero-order valence-electron chi connectivity index (χ0n) is 10.1. The molecule has 0 saturated heterocycles. The second-order valence-corrected chi connectivity index (χ2v) is 4.90. The summed E-state index contributed by atoms with van der Waals surface area (Å²) in [5.74, 6) is 0.648. The number of guanidine groups is 1. The Bertz CT molecular complexity index is 413. The van der Waals surface area contributed by atoms with E-state index < -0.39 is 0 Å². The normalized spacial score (nSPS) is 16.0. The molecule has 1 aromatic rings. The minimum atomic E-state index is 0.616. The lowest BCUT2D eigenvalue weighted by Gasteiger charge is -2.16. The van der Waals surface area contributed by atoms with Crippen molar-refractivity contribution in [2.45, 2.75) is 25.3 Å². The average Bonchev–Trinajstić information content (AvgIpc) is 3.12. The first-order chi connectivity index (χ1) is 8.16. The van der Waals surface area contributed by atoms with Crippen LogP contribution in [0.3, 0.4) is 0 Å². The molecule has 1 aliphatic carbocycles. The number of nitrogens with two attached hydrogens (primary N) is 1. The molecule has 17 heavy (non-hydrogen) atoms. The van der Waals surface area contributed by atoms with Crippen LogP contribution in [0.4, 0.5) is 0 Å². The summed E-state index contributed by atoms with van der Waals surface area (Å²) in [6.45, 7) is 0.712. The van der Waals surface area contributed by atoms with Crippen LogP contribution in [-0.4, -0.2) is 30.5 Å². The van der Waals surface area contributed by atoms with Gasteiger partial charge in [-0.3, -0.25) is 4.99 Å². The lowest BCUT2D eigenvalue weighted by molar-refractivity contribution is 0.487. The molecular formula is C13H18ClN3. The van der Waals surface area contributed by atoms with Crippen LogP contribution in [0.25, 0.3) is 0 Å². The summed E-state index contributed by atoms with van der Waals surface area (Å²) in [5.41, 5.74) is 7.10. The number of aliphatic imine (C=N–C) groups is 1. The third kappa shape index (κ3) is 3.63. The smallest absolute Gasteiger partial charge is 0.191 e. The van der Waals surface area contributed by atoms with Gasteiger partial charge >= 0.3 is 0 Å². The van der Waals surface area contributed by atoms with Gasteiger partial charge in [-0.2, -0.15) is 0 Å². The summed E-state index contributed by atoms with van der Waals surface area (Å²) in [4.78, 5) is 6.45. The van der Waals surface area contributed by atoms with Gasteiger partial charge in [-0.05, 0) is 37.0 Å². The third-order valence-electron chi connectivity index (χ3n) is 3.02. The van der Waals surface area contributed by atoms with Crippen molar-refractivity contribution < 1.29 is 0 Å². The maximum absolute atomic E-state index is 5.92. The van der Waals surface area contributed by atoms with Crippen molar-refractivity contribution in [1.29, 1.82) is 0 Å². The zero-order chi connectivity index (χ0) is 12.3. The molecule has 0 radical (unpaired) electrons. The van der Waals surface area contributed by atoms with Gasteiger partial charge in [-0.25, -0.2) is 0 Å². The van der Waals surface area contributed by atoms with Crippen molar-refractivity contribution in [2.24, 2.45) is 10.7 Å². The van der Waals surface area contributed by atoms with E-state index >= 15 is 0 Å². The second-order valence-electron chi connectivity index (χ2n) is 4.46. The quantitative estimate of drug-likeness (QED) is 0.659. The van der Waals surface area contributed by atoms with E-state index in [2.05, 4.69) is 16.0 Å². The molecule has 1 fully saturated rings. The van der Waals surface area contributed by atoms with Crippen LogP contribution in [0.15, 0.2) is 29.3 Å². The van der Waals surface area contributed by atoms with Crippen molar-refractivity contribution in [3.63, 3.8) is 0 Å². The van der Waals surface area contributed by atoms with Crippen LogP contribution in [0.5, 0.6) is 0 Å². The Balaban J connectivity index is 1.83. The Morgan fingerprint density at radius 1 is 1.53 bits per heavy atom. The van der Waals surface area contributed by atoms with Crippen LogP contribution in [-0.2, 0) is 6.42 Å². The van der Waals surface area contributed by atoms with E-state index in [1.54, 1.807) is 0 Å². The molecule has 0 heterocycles. The number of halogens is 1. The molecule has 1 aromatic carbocycles. The minimum Gasteiger partial charge on any atom is -0.370 e. The SMILES string of the molecule is CN(C(N)=NCCc1cccc(Cl)c1)C1CC1. The summed E-state index contributed by atoms with van der Waals surface area (Å²) in [7, 11) is 2.01. The predicted molar refractivity (Wildman–Crippen MR) is 72.4 cm³/mol. The van der Waals surface area contributed by atoms with Gasteiger partial charge in [0, 0.05) is 24.7 Å². The third-order valence-corrected chi connectivity index (χ3v) is 3.25. The second kappa shape index (κ2) is 5.41. The van der Waals surface area contributed by atoms with Crippen molar-refractivity contribution in [1.82, 2.24) is 4.90 Å². The monoisotopic (exact) mass is 251 g/mol. The molecule has 0 aromatic heterocycles. The lowest BCUT2D eigenvalue weighted by atomic mass is 10.1. The molecule has 0 amide bonds. The molecule has 4 heteroatoms. The van der Waals surface area contributed by atoms with Crippen LogP contribution in [0.2, 0.25) is 5.02 Å². The van der Waals surface area contributed by atoms with Gasteiger partial charge in [-0.1, -0.05) is 23.7 Å². The average molecular weight is 252 g/mol. The lowest BCUT2D eigenvalue weighted by Crippen LogP contribution is -2.35. The zero-order valence-corrected chi connectivity index (χ0v) is 10.8. The predicted octanol–water partition coefficient (Wildman–Crippen LogP) is 2.29. The Morgan fingerprint density at radius 3 is 2.94 bits per heavy atom. The fourth-order valence-corrected chi connectivity index (χ4v) is 1.97. The van der Waals surface area contributed by atoms with E-state index in [0.717, 1.165) is 11.4 Å². The number of hydrogen-bond donors (Lipinski definition) is 1. The van der Waals surface area contributed by atoms with Gasteiger partial charge in [0.25, 0.3) is 0 Å². The highest BCUT2D eigenvalue weighted by Crippen LogP contribution is 2.24. The number of benzene rings is 1. The first-order valence-corrected chi connectivity index (χ1v) is 6.32. The van der Waals surface area contributed by atoms with Crippen molar-refractivity contribution in [3.8, 4) is 0 Å². The van der Waals surface area contributed by atoms with Gasteiger partial charge in [0.15, 0.2) is 5.96 Å². The number of rotatable bonds is 4. The molecular weight excluding hydrogens is 234 g/mol. The van der Waals surface area contributed by atoms with Crippen molar-refractivity contribution in [2.75, 3.05) is 13.6 Å². The van der Waals surface area contributed by atoms with E-state index in [1.807, 2.05) is 25.2 Å². The Kier molecular flexibility index (Phi) is 3.89. The summed E-state index contributed by atoms with van der Waals surface area (Å²) < 4.78 is 0. The first kappa shape index (κ1) is 12.2. The summed E-state index contributed by atoms with van der Waals surface area (Å²) >= 11 is 5.92. The van der Waals surface area contributed by atoms with E-state index in [9.17, 15) is 0 Å². The summed E-state index contributed by atoms with van der Waals surface area (Å²) in [6, 6.07) is 8.48. The molecule has 3 nitrogen and oxygen atoms in total. The number of hydrogen-bond acceptors (Lipinski definition) is 1.